The summed E-state index contributed by atoms with van der Waals surface area (Å²) in [4.78, 5) is 0. The van der Waals surface area contributed by atoms with Gasteiger partial charge in [0.25, 0.3) is 0 Å². The van der Waals surface area contributed by atoms with Gasteiger partial charge in [-0.2, -0.15) is 0 Å². The Hall–Kier alpha value is -1.84. The summed E-state index contributed by atoms with van der Waals surface area (Å²) in [6.45, 7) is 4.00. The van der Waals surface area contributed by atoms with Gasteiger partial charge in [-0.15, -0.1) is 0 Å². The molecule has 0 aromatic heterocycles. The highest BCUT2D eigenvalue weighted by Crippen LogP contribution is 2.16. The van der Waals surface area contributed by atoms with E-state index in [1.54, 1.807) is 19.2 Å². The zero-order chi connectivity index (χ0) is 12.1. The number of amidine groups is 1. The van der Waals surface area contributed by atoms with Crippen LogP contribution in [0, 0.1) is 25.1 Å². The zero-order valence-corrected chi connectivity index (χ0v) is 9.47. The van der Waals surface area contributed by atoms with E-state index in [9.17, 15) is 4.39 Å². The molecule has 1 aromatic rings. The SMILES string of the molecule is Cc1ccc(C)c(CN/C=C\C(=N)N)c1F. The monoisotopic (exact) mass is 221 g/mol. The van der Waals surface area contributed by atoms with Crippen molar-refractivity contribution in [1.82, 2.24) is 5.32 Å². The van der Waals surface area contributed by atoms with E-state index in [1.807, 2.05) is 13.0 Å². The third-order valence-corrected chi connectivity index (χ3v) is 2.33. The van der Waals surface area contributed by atoms with Gasteiger partial charge in [-0.3, -0.25) is 5.41 Å². The predicted molar refractivity (Wildman–Crippen MR) is 63.8 cm³/mol. The Labute approximate surface area is 94.7 Å². The largest absolute Gasteiger partial charge is 0.387 e. The predicted octanol–water partition coefficient (Wildman–Crippen LogP) is 1.98. The summed E-state index contributed by atoms with van der Waals surface area (Å²) in [5, 5.41) is 9.87. The lowest BCUT2D eigenvalue weighted by Gasteiger charge is -2.09. The molecule has 4 heteroatoms. The molecule has 0 heterocycles. The molecule has 1 aromatic carbocycles. The standard InChI is InChI=1S/C12H16FN3/c1-8-3-4-9(2)12(13)10(8)7-16-6-5-11(14)15/h3-6,16H,7H2,1-2H3,(H3,14,15)/b6-5-. The lowest BCUT2D eigenvalue weighted by atomic mass is 10.0. The van der Waals surface area contributed by atoms with Gasteiger partial charge < -0.3 is 11.1 Å². The first-order chi connectivity index (χ1) is 7.52. The second kappa shape index (κ2) is 5.30. The second-order valence-electron chi connectivity index (χ2n) is 3.66. The maximum atomic E-state index is 13.7. The Morgan fingerprint density at radius 2 is 2.06 bits per heavy atom. The van der Waals surface area contributed by atoms with Gasteiger partial charge in [0.15, 0.2) is 0 Å². The molecule has 3 nitrogen and oxygen atoms in total. The molecule has 16 heavy (non-hydrogen) atoms. The van der Waals surface area contributed by atoms with Crippen molar-refractivity contribution in [1.29, 1.82) is 5.41 Å². The second-order valence-corrected chi connectivity index (χ2v) is 3.66. The molecular formula is C12H16FN3. The first-order valence-corrected chi connectivity index (χ1v) is 5.01. The molecule has 0 bridgehead atoms. The molecule has 0 amide bonds. The van der Waals surface area contributed by atoms with Crippen LogP contribution >= 0.6 is 0 Å². The van der Waals surface area contributed by atoms with Gasteiger partial charge in [0, 0.05) is 18.3 Å². The highest BCUT2D eigenvalue weighted by molar-refractivity contribution is 5.88. The summed E-state index contributed by atoms with van der Waals surface area (Å²) in [7, 11) is 0. The molecule has 0 unspecified atom stereocenters. The van der Waals surface area contributed by atoms with Crippen LogP contribution in [0.25, 0.3) is 0 Å². The first-order valence-electron chi connectivity index (χ1n) is 5.01. The molecule has 0 aliphatic heterocycles. The number of nitrogens with one attached hydrogen (secondary N) is 2. The summed E-state index contributed by atoms with van der Waals surface area (Å²) < 4.78 is 13.7. The van der Waals surface area contributed by atoms with Crippen LogP contribution in [-0.4, -0.2) is 5.84 Å². The molecule has 0 radical (unpaired) electrons. The van der Waals surface area contributed by atoms with Crippen LogP contribution in [0.3, 0.4) is 0 Å². The highest BCUT2D eigenvalue weighted by Gasteiger charge is 2.07. The number of nitrogens with two attached hydrogens (primary N) is 1. The Bertz CT molecular complexity index is 425. The van der Waals surface area contributed by atoms with Crippen LogP contribution < -0.4 is 11.1 Å². The highest BCUT2D eigenvalue weighted by atomic mass is 19.1. The van der Waals surface area contributed by atoms with Crippen LogP contribution in [0.2, 0.25) is 0 Å². The lowest BCUT2D eigenvalue weighted by Crippen LogP contribution is -2.11. The van der Waals surface area contributed by atoms with Gasteiger partial charge in [-0.25, -0.2) is 4.39 Å². The summed E-state index contributed by atoms with van der Waals surface area (Å²) in [5.74, 6) is -0.210. The van der Waals surface area contributed by atoms with Gasteiger partial charge in [-0.1, -0.05) is 12.1 Å². The van der Waals surface area contributed by atoms with Crippen molar-refractivity contribution < 1.29 is 4.39 Å². The van der Waals surface area contributed by atoms with Crippen molar-refractivity contribution >= 4 is 5.84 Å². The smallest absolute Gasteiger partial charge is 0.131 e. The molecule has 86 valence electrons. The van der Waals surface area contributed by atoms with Crippen molar-refractivity contribution in [2.24, 2.45) is 5.73 Å². The zero-order valence-electron chi connectivity index (χ0n) is 9.47. The van der Waals surface area contributed by atoms with Crippen LogP contribution in [0.4, 0.5) is 4.39 Å². The number of hydrogen-bond acceptors (Lipinski definition) is 2. The summed E-state index contributed by atoms with van der Waals surface area (Å²) >= 11 is 0. The fourth-order valence-corrected chi connectivity index (χ4v) is 1.36. The Morgan fingerprint density at radius 3 is 2.69 bits per heavy atom. The topological polar surface area (TPSA) is 61.9 Å². The average molecular weight is 221 g/mol. The number of rotatable bonds is 4. The molecule has 0 atom stereocenters. The van der Waals surface area contributed by atoms with E-state index in [-0.39, 0.29) is 11.7 Å². The van der Waals surface area contributed by atoms with Crippen molar-refractivity contribution in [2.45, 2.75) is 20.4 Å². The van der Waals surface area contributed by atoms with E-state index in [0.29, 0.717) is 17.7 Å². The quantitative estimate of drug-likeness (QED) is 0.537. The van der Waals surface area contributed by atoms with E-state index in [1.165, 1.54) is 6.08 Å². The Balaban J connectivity index is 2.74. The van der Waals surface area contributed by atoms with Gasteiger partial charge >= 0.3 is 0 Å². The first kappa shape index (κ1) is 12.2. The Kier molecular flexibility index (Phi) is 4.05. The number of aryl methyl sites for hydroxylation is 2. The van der Waals surface area contributed by atoms with Gasteiger partial charge in [0.1, 0.15) is 11.7 Å². The number of benzene rings is 1. The number of halogens is 1. The molecular weight excluding hydrogens is 205 g/mol. The van der Waals surface area contributed by atoms with Crippen molar-refractivity contribution in [2.75, 3.05) is 0 Å². The van der Waals surface area contributed by atoms with Crippen LogP contribution in [0.15, 0.2) is 24.4 Å². The Morgan fingerprint density at radius 1 is 1.44 bits per heavy atom. The maximum absolute atomic E-state index is 13.7. The minimum absolute atomic E-state index is 0.0334. The van der Waals surface area contributed by atoms with E-state index < -0.39 is 0 Å². The third-order valence-electron chi connectivity index (χ3n) is 2.33. The summed E-state index contributed by atoms with van der Waals surface area (Å²) in [6, 6.07) is 3.66. The van der Waals surface area contributed by atoms with E-state index in [2.05, 4.69) is 5.32 Å². The van der Waals surface area contributed by atoms with Gasteiger partial charge in [0.05, 0.1) is 0 Å². The third kappa shape index (κ3) is 3.08. The average Bonchev–Trinajstić information content (AvgIpc) is 2.22. The van der Waals surface area contributed by atoms with E-state index >= 15 is 0 Å². The van der Waals surface area contributed by atoms with E-state index in [4.69, 9.17) is 11.1 Å². The van der Waals surface area contributed by atoms with Crippen molar-refractivity contribution in [3.8, 4) is 0 Å². The van der Waals surface area contributed by atoms with E-state index in [0.717, 1.165) is 5.56 Å². The molecule has 1 rings (SSSR count). The normalized spacial score (nSPS) is 10.7. The van der Waals surface area contributed by atoms with Crippen LogP contribution in [-0.2, 0) is 6.54 Å². The van der Waals surface area contributed by atoms with Gasteiger partial charge in [-0.05, 0) is 31.1 Å². The fraction of sp³-hybridized carbons (Fsp3) is 0.250. The maximum Gasteiger partial charge on any atom is 0.131 e. The lowest BCUT2D eigenvalue weighted by molar-refractivity contribution is 0.593. The van der Waals surface area contributed by atoms with Crippen LogP contribution in [0.5, 0.6) is 0 Å². The number of hydrogen-bond donors (Lipinski definition) is 3. The molecule has 0 aliphatic rings. The molecule has 4 N–H and O–H groups in total. The molecule has 0 aliphatic carbocycles. The minimum atomic E-state index is -0.177. The molecule has 0 spiro atoms. The molecule has 0 fully saturated rings. The van der Waals surface area contributed by atoms with Crippen molar-refractivity contribution in [3.05, 3.63) is 46.9 Å². The van der Waals surface area contributed by atoms with Crippen molar-refractivity contribution in [3.63, 3.8) is 0 Å². The van der Waals surface area contributed by atoms with Crippen LogP contribution in [0.1, 0.15) is 16.7 Å². The summed E-state index contributed by atoms with van der Waals surface area (Å²) in [6.07, 6.45) is 2.96. The molecule has 0 saturated heterocycles. The van der Waals surface area contributed by atoms with Gasteiger partial charge in [0.2, 0.25) is 0 Å². The minimum Gasteiger partial charge on any atom is -0.387 e. The summed E-state index contributed by atoms with van der Waals surface area (Å²) in [5.41, 5.74) is 7.33. The molecule has 0 saturated carbocycles. The fourth-order valence-electron chi connectivity index (χ4n) is 1.36.